The predicted molar refractivity (Wildman–Crippen MR) is 103 cm³/mol. The number of fused-ring (bicyclic) bond motifs is 1. The minimum Gasteiger partial charge on any atom is -0.489 e. The molecular formula is C23H18N2O2. The van der Waals surface area contributed by atoms with Crippen LogP contribution < -0.4 is 15.2 Å². The van der Waals surface area contributed by atoms with Crippen molar-refractivity contribution in [1.29, 1.82) is 5.26 Å². The molecule has 4 rings (SSSR count). The van der Waals surface area contributed by atoms with E-state index in [2.05, 4.69) is 6.07 Å². The van der Waals surface area contributed by atoms with Crippen molar-refractivity contribution in [1.82, 2.24) is 0 Å². The molecule has 4 nitrogen and oxygen atoms in total. The van der Waals surface area contributed by atoms with Crippen LogP contribution in [0.25, 0.3) is 0 Å². The minimum atomic E-state index is -0.247. The van der Waals surface area contributed by atoms with Gasteiger partial charge in [0.05, 0.1) is 5.92 Å². The number of ether oxygens (including phenoxy) is 2. The molecule has 0 spiro atoms. The van der Waals surface area contributed by atoms with E-state index < -0.39 is 0 Å². The van der Waals surface area contributed by atoms with Crippen molar-refractivity contribution in [3.8, 4) is 17.6 Å². The fourth-order valence-electron chi connectivity index (χ4n) is 3.25. The number of rotatable bonds is 4. The zero-order valence-corrected chi connectivity index (χ0v) is 14.6. The summed E-state index contributed by atoms with van der Waals surface area (Å²) in [7, 11) is 0. The molecule has 0 unspecified atom stereocenters. The van der Waals surface area contributed by atoms with Crippen LogP contribution in [0.3, 0.4) is 0 Å². The molecule has 3 aromatic rings. The molecule has 1 aliphatic heterocycles. The lowest BCUT2D eigenvalue weighted by atomic mass is 9.83. The van der Waals surface area contributed by atoms with Crippen LogP contribution in [0.1, 0.15) is 22.6 Å². The van der Waals surface area contributed by atoms with E-state index in [1.807, 2.05) is 78.9 Å². The second kappa shape index (κ2) is 7.27. The summed E-state index contributed by atoms with van der Waals surface area (Å²) in [6.45, 7) is 0.511. The maximum atomic E-state index is 9.59. The molecule has 0 radical (unpaired) electrons. The highest BCUT2D eigenvalue weighted by molar-refractivity contribution is 5.55. The van der Waals surface area contributed by atoms with Crippen LogP contribution in [0.2, 0.25) is 0 Å². The Balaban J connectivity index is 1.60. The molecule has 2 N–H and O–H groups in total. The van der Waals surface area contributed by atoms with Gasteiger partial charge in [-0.25, -0.2) is 0 Å². The molecule has 0 aromatic heterocycles. The number of nitrogens with two attached hydrogens (primary N) is 1. The first-order chi connectivity index (χ1) is 13.3. The van der Waals surface area contributed by atoms with Crippen LogP contribution in [0.4, 0.5) is 0 Å². The van der Waals surface area contributed by atoms with Gasteiger partial charge in [-0.3, -0.25) is 0 Å². The van der Waals surface area contributed by atoms with E-state index in [-0.39, 0.29) is 11.8 Å². The van der Waals surface area contributed by atoms with Crippen LogP contribution in [0.5, 0.6) is 11.5 Å². The quantitative estimate of drug-likeness (QED) is 0.750. The Bertz CT molecular complexity index is 1020. The molecule has 1 aliphatic rings. The molecule has 0 amide bonds. The van der Waals surface area contributed by atoms with E-state index in [1.54, 1.807) is 0 Å². The fourth-order valence-corrected chi connectivity index (χ4v) is 3.25. The number of benzene rings is 3. The average Bonchev–Trinajstić information content (AvgIpc) is 2.72. The van der Waals surface area contributed by atoms with Crippen molar-refractivity contribution < 1.29 is 9.47 Å². The SMILES string of the molecule is N#CC1=C(N)Oc2ccccc2[C@@H]1c1ccc(OCc2ccccc2)cc1. The summed E-state index contributed by atoms with van der Waals surface area (Å²) < 4.78 is 11.5. The van der Waals surface area contributed by atoms with Gasteiger partial charge in [-0.2, -0.15) is 5.26 Å². The van der Waals surface area contributed by atoms with Gasteiger partial charge in [0, 0.05) is 5.56 Å². The van der Waals surface area contributed by atoms with E-state index in [9.17, 15) is 5.26 Å². The van der Waals surface area contributed by atoms with Gasteiger partial charge >= 0.3 is 0 Å². The molecule has 3 aromatic carbocycles. The molecule has 0 saturated carbocycles. The molecule has 1 atom stereocenters. The molecule has 4 heteroatoms. The van der Waals surface area contributed by atoms with Gasteiger partial charge in [0.1, 0.15) is 29.7 Å². The number of hydrogen-bond donors (Lipinski definition) is 1. The normalized spacial score (nSPS) is 15.4. The Morgan fingerprint density at radius 1 is 0.926 bits per heavy atom. The Kier molecular flexibility index (Phi) is 4.51. The van der Waals surface area contributed by atoms with Crippen LogP contribution in [-0.2, 0) is 6.61 Å². The van der Waals surface area contributed by atoms with Crippen molar-refractivity contribution in [3.05, 3.63) is 107 Å². The number of nitrogens with zero attached hydrogens (tertiary/aromatic N) is 1. The van der Waals surface area contributed by atoms with Crippen molar-refractivity contribution in [3.63, 3.8) is 0 Å². The lowest BCUT2D eigenvalue weighted by Crippen LogP contribution is -2.20. The van der Waals surface area contributed by atoms with Crippen LogP contribution >= 0.6 is 0 Å². The van der Waals surface area contributed by atoms with Crippen molar-refractivity contribution in [2.24, 2.45) is 5.73 Å². The van der Waals surface area contributed by atoms with E-state index in [0.717, 1.165) is 22.4 Å². The monoisotopic (exact) mass is 354 g/mol. The molecule has 1 heterocycles. The number of allylic oxidation sites excluding steroid dienone is 1. The smallest absolute Gasteiger partial charge is 0.205 e. The number of nitriles is 1. The number of para-hydroxylation sites is 1. The molecule has 27 heavy (non-hydrogen) atoms. The van der Waals surface area contributed by atoms with E-state index in [0.29, 0.717) is 17.9 Å². The Labute approximate surface area is 158 Å². The van der Waals surface area contributed by atoms with Gasteiger partial charge in [0.2, 0.25) is 5.88 Å². The molecule has 132 valence electrons. The van der Waals surface area contributed by atoms with Gasteiger partial charge in [-0.1, -0.05) is 60.7 Å². The summed E-state index contributed by atoms with van der Waals surface area (Å²) in [5.74, 6) is 1.37. The Hall–Kier alpha value is -3.71. The summed E-state index contributed by atoms with van der Waals surface area (Å²) in [6.07, 6.45) is 0. The number of hydrogen-bond acceptors (Lipinski definition) is 4. The second-order valence-corrected chi connectivity index (χ2v) is 6.31. The molecular weight excluding hydrogens is 336 g/mol. The van der Waals surface area contributed by atoms with Gasteiger partial charge in [-0.05, 0) is 29.3 Å². The average molecular weight is 354 g/mol. The summed E-state index contributed by atoms with van der Waals surface area (Å²) in [5.41, 5.74) is 9.42. The second-order valence-electron chi connectivity index (χ2n) is 6.31. The highest BCUT2D eigenvalue weighted by atomic mass is 16.5. The summed E-state index contributed by atoms with van der Waals surface area (Å²) >= 11 is 0. The Morgan fingerprint density at radius 3 is 2.37 bits per heavy atom. The maximum absolute atomic E-state index is 9.59. The lowest BCUT2D eigenvalue weighted by Gasteiger charge is -2.26. The van der Waals surface area contributed by atoms with Gasteiger partial charge < -0.3 is 15.2 Å². The van der Waals surface area contributed by atoms with Crippen LogP contribution in [0.15, 0.2) is 90.3 Å². The molecule has 0 aliphatic carbocycles. The van der Waals surface area contributed by atoms with Crippen LogP contribution in [0, 0.1) is 11.3 Å². The van der Waals surface area contributed by atoms with E-state index in [1.165, 1.54) is 0 Å². The third kappa shape index (κ3) is 3.36. The predicted octanol–water partition coefficient (Wildman–Crippen LogP) is 4.48. The summed E-state index contributed by atoms with van der Waals surface area (Å²) in [5, 5.41) is 9.59. The van der Waals surface area contributed by atoms with Crippen molar-refractivity contribution >= 4 is 0 Å². The van der Waals surface area contributed by atoms with Crippen LogP contribution in [-0.4, -0.2) is 0 Å². The summed E-state index contributed by atoms with van der Waals surface area (Å²) in [4.78, 5) is 0. The highest BCUT2D eigenvalue weighted by Crippen LogP contribution is 2.42. The first kappa shape index (κ1) is 16.7. The van der Waals surface area contributed by atoms with Crippen molar-refractivity contribution in [2.45, 2.75) is 12.5 Å². The van der Waals surface area contributed by atoms with E-state index >= 15 is 0 Å². The van der Waals surface area contributed by atoms with E-state index in [4.69, 9.17) is 15.2 Å². The Morgan fingerprint density at radius 2 is 1.63 bits per heavy atom. The van der Waals surface area contributed by atoms with Gasteiger partial charge in [0.15, 0.2) is 0 Å². The summed E-state index contributed by atoms with van der Waals surface area (Å²) in [6, 6.07) is 27.6. The third-order valence-electron chi connectivity index (χ3n) is 4.59. The standard InChI is InChI=1S/C23H18N2O2/c24-14-20-22(19-8-4-5-9-21(19)27-23(20)25)17-10-12-18(13-11-17)26-15-16-6-2-1-3-7-16/h1-13,22H,15,25H2/t22-/m0/s1. The molecule has 0 bridgehead atoms. The molecule has 0 saturated heterocycles. The maximum Gasteiger partial charge on any atom is 0.205 e. The van der Waals surface area contributed by atoms with Crippen molar-refractivity contribution in [2.75, 3.05) is 0 Å². The largest absolute Gasteiger partial charge is 0.489 e. The third-order valence-corrected chi connectivity index (χ3v) is 4.59. The topological polar surface area (TPSA) is 68.3 Å². The first-order valence-electron chi connectivity index (χ1n) is 8.69. The lowest BCUT2D eigenvalue weighted by molar-refractivity contribution is 0.306. The molecule has 0 fully saturated rings. The zero-order chi connectivity index (χ0) is 18.6. The highest BCUT2D eigenvalue weighted by Gasteiger charge is 2.30. The first-order valence-corrected chi connectivity index (χ1v) is 8.69. The zero-order valence-electron chi connectivity index (χ0n) is 14.6. The fraction of sp³-hybridized carbons (Fsp3) is 0.0870. The van der Waals surface area contributed by atoms with Gasteiger partial charge in [0.25, 0.3) is 0 Å². The minimum absolute atomic E-state index is 0.158. The van der Waals surface area contributed by atoms with Gasteiger partial charge in [-0.15, -0.1) is 0 Å².